The van der Waals surface area contributed by atoms with Gasteiger partial charge in [-0.1, -0.05) is 58.3 Å². The van der Waals surface area contributed by atoms with Crippen LogP contribution in [0.15, 0.2) is 0 Å². The summed E-state index contributed by atoms with van der Waals surface area (Å²) in [5, 5.41) is 2.97. The number of nitrogens with two attached hydrogens (primary N) is 1. The molecule has 194 valence electrons. The Balaban J connectivity index is 1.64. The zero-order chi connectivity index (χ0) is 24.3. The molecule has 0 radical (unpaired) electrons. The maximum Gasteiger partial charge on any atom is 0.241 e. The number of ether oxygens (including phenoxy) is 1. The molecule has 3 fully saturated rings. The molecule has 0 bridgehead atoms. The smallest absolute Gasteiger partial charge is 0.241 e. The quantitative estimate of drug-likeness (QED) is 0.475. The summed E-state index contributed by atoms with van der Waals surface area (Å²) in [4.78, 5) is 42.9. The fraction of sp³-hybridized carbons (Fsp3) is 0.885. The van der Waals surface area contributed by atoms with Gasteiger partial charge in [-0.2, -0.15) is 0 Å². The average Bonchev–Trinajstić information content (AvgIpc) is 2.87. The Kier molecular flexibility index (Phi) is 11.1. The van der Waals surface area contributed by atoms with E-state index in [9.17, 15) is 14.4 Å². The van der Waals surface area contributed by atoms with Crippen molar-refractivity contribution in [1.29, 1.82) is 0 Å². The van der Waals surface area contributed by atoms with Crippen LogP contribution >= 0.6 is 0 Å². The summed E-state index contributed by atoms with van der Waals surface area (Å²) in [6.45, 7) is 5.61. The second-order valence-electron chi connectivity index (χ2n) is 10.5. The average molecular weight is 479 g/mol. The molecule has 2 saturated carbocycles. The molecule has 0 aromatic rings. The first-order valence-electron chi connectivity index (χ1n) is 13.7. The van der Waals surface area contributed by atoms with Crippen LogP contribution in [-0.2, 0) is 19.1 Å². The lowest BCUT2D eigenvalue weighted by molar-refractivity contribution is -0.140. The highest BCUT2D eigenvalue weighted by Crippen LogP contribution is 2.31. The predicted octanol–water partition coefficient (Wildman–Crippen LogP) is 2.45. The fourth-order valence-corrected chi connectivity index (χ4v) is 5.97. The van der Waals surface area contributed by atoms with Gasteiger partial charge in [-0.25, -0.2) is 0 Å². The van der Waals surface area contributed by atoms with Crippen LogP contribution in [-0.4, -0.2) is 79.0 Å². The van der Waals surface area contributed by atoms with Crippen LogP contribution in [0.4, 0.5) is 0 Å². The minimum absolute atomic E-state index is 0.00674. The van der Waals surface area contributed by atoms with Crippen molar-refractivity contribution in [2.45, 2.75) is 96.1 Å². The first-order chi connectivity index (χ1) is 16.5. The minimum atomic E-state index is -0.735. The number of hydrogen-bond acceptors (Lipinski definition) is 5. The van der Waals surface area contributed by atoms with Crippen LogP contribution in [0.25, 0.3) is 0 Å². The van der Waals surface area contributed by atoms with E-state index in [0.29, 0.717) is 51.2 Å². The first kappa shape index (κ1) is 26.9. The van der Waals surface area contributed by atoms with Gasteiger partial charge in [-0.3, -0.25) is 19.3 Å². The van der Waals surface area contributed by atoms with Gasteiger partial charge in [0, 0.05) is 38.0 Å². The molecule has 3 aliphatic rings. The Bertz CT molecular complexity index is 655. The van der Waals surface area contributed by atoms with E-state index in [2.05, 4.69) is 17.1 Å². The molecular formula is C26H46N4O4. The van der Waals surface area contributed by atoms with Crippen molar-refractivity contribution < 1.29 is 19.1 Å². The molecular weight excluding hydrogens is 432 g/mol. The molecule has 2 unspecified atom stereocenters. The molecule has 1 saturated heterocycles. The third-order valence-corrected chi connectivity index (χ3v) is 8.07. The highest BCUT2D eigenvalue weighted by Gasteiger charge is 2.32. The van der Waals surface area contributed by atoms with Crippen LogP contribution in [0, 0.1) is 11.8 Å². The number of amides is 3. The maximum atomic E-state index is 13.5. The molecule has 8 heteroatoms. The molecule has 8 nitrogen and oxygen atoms in total. The van der Waals surface area contributed by atoms with Gasteiger partial charge in [-0.15, -0.1) is 0 Å². The van der Waals surface area contributed by atoms with Crippen LogP contribution in [0.3, 0.4) is 0 Å². The van der Waals surface area contributed by atoms with Crippen LogP contribution < -0.4 is 11.1 Å². The van der Waals surface area contributed by atoms with E-state index >= 15 is 0 Å². The van der Waals surface area contributed by atoms with Crippen molar-refractivity contribution in [1.82, 2.24) is 15.1 Å². The van der Waals surface area contributed by atoms with Crippen molar-refractivity contribution >= 4 is 17.7 Å². The summed E-state index contributed by atoms with van der Waals surface area (Å²) in [5.41, 5.74) is 5.75. The van der Waals surface area contributed by atoms with Gasteiger partial charge in [0.25, 0.3) is 0 Å². The van der Waals surface area contributed by atoms with E-state index in [0.717, 1.165) is 32.2 Å². The lowest BCUT2D eigenvalue weighted by atomic mass is 9.81. The zero-order valence-electron chi connectivity index (χ0n) is 21.1. The van der Waals surface area contributed by atoms with Gasteiger partial charge in [0.15, 0.2) is 0 Å². The molecule has 3 amide bonds. The van der Waals surface area contributed by atoms with Crippen LogP contribution in [0.2, 0.25) is 0 Å². The zero-order valence-corrected chi connectivity index (χ0v) is 21.1. The number of likely N-dealkylation sites (N-methyl/N-ethyl adjacent to an activating group) is 1. The second-order valence-corrected chi connectivity index (χ2v) is 10.5. The highest BCUT2D eigenvalue weighted by atomic mass is 16.5. The molecule has 34 heavy (non-hydrogen) atoms. The molecule has 0 aromatic carbocycles. The van der Waals surface area contributed by atoms with Crippen molar-refractivity contribution in [3.8, 4) is 0 Å². The number of carbonyl (C=O) groups is 3. The van der Waals surface area contributed by atoms with E-state index in [1.807, 2.05) is 0 Å². The van der Waals surface area contributed by atoms with E-state index in [-0.39, 0.29) is 18.2 Å². The van der Waals surface area contributed by atoms with Gasteiger partial charge in [0.1, 0.15) is 6.04 Å². The monoisotopic (exact) mass is 478 g/mol. The number of primary amides is 1. The lowest BCUT2D eigenvalue weighted by Crippen LogP contribution is -2.54. The number of nitrogens with one attached hydrogen (secondary N) is 1. The number of rotatable bonds is 11. The van der Waals surface area contributed by atoms with Gasteiger partial charge in [-0.05, 0) is 31.7 Å². The summed E-state index contributed by atoms with van der Waals surface area (Å²) in [5.74, 6) is -0.657. The van der Waals surface area contributed by atoms with Crippen molar-refractivity contribution in [3.05, 3.63) is 0 Å². The summed E-state index contributed by atoms with van der Waals surface area (Å²) in [6.07, 6.45) is 12.7. The number of morpholine rings is 1. The van der Waals surface area contributed by atoms with Crippen LogP contribution in [0.5, 0.6) is 0 Å². The Morgan fingerprint density at radius 1 is 1.00 bits per heavy atom. The third-order valence-electron chi connectivity index (χ3n) is 8.07. The van der Waals surface area contributed by atoms with E-state index in [4.69, 9.17) is 10.5 Å². The minimum Gasteiger partial charge on any atom is -0.378 e. The number of hydrogen-bond donors (Lipinski definition) is 2. The summed E-state index contributed by atoms with van der Waals surface area (Å²) in [7, 11) is 0. The molecule has 1 aliphatic heterocycles. The van der Waals surface area contributed by atoms with Crippen molar-refractivity contribution in [2.24, 2.45) is 17.6 Å². The summed E-state index contributed by atoms with van der Waals surface area (Å²) in [6, 6.07) is -0.292. The molecule has 3 rings (SSSR count). The topological polar surface area (TPSA) is 105 Å². The SMILES string of the molecule is CCN(CC(NC(=O)C(CC(=O)N1CCOCC1)CC1CCCCC1)C(N)=O)C1CCCCC1. The van der Waals surface area contributed by atoms with Crippen molar-refractivity contribution in [3.63, 3.8) is 0 Å². The standard InChI is InChI=1S/C26H46N4O4/c1-2-29(22-11-7-4-8-12-22)19-23(25(27)32)28-26(33)21(17-20-9-5-3-6-10-20)18-24(31)30-13-15-34-16-14-30/h20-23H,2-19H2,1H3,(H2,27,32)(H,28,33). The van der Waals surface area contributed by atoms with Gasteiger partial charge in [0.05, 0.1) is 13.2 Å². The molecule has 2 atom stereocenters. The summed E-state index contributed by atoms with van der Waals surface area (Å²) >= 11 is 0. The summed E-state index contributed by atoms with van der Waals surface area (Å²) < 4.78 is 5.37. The largest absolute Gasteiger partial charge is 0.378 e. The first-order valence-corrected chi connectivity index (χ1v) is 13.7. The molecule has 2 aliphatic carbocycles. The van der Waals surface area contributed by atoms with Gasteiger partial charge >= 0.3 is 0 Å². The third kappa shape index (κ3) is 8.22. The van der Waals surface area contributed by atoms with E-state index < -0.39 is 17.9 Å². The van der Waals surface area contributed by atoms with Crippen molar-refractivity contribution in [2.75, 3.05) is 39.4 Å². The Morgan fingerprint density at radius 3 is 2.21 bits per heavy atom. The fourth-order valence-electron chi connectivity index (χ4n) is 5.97. The Labute approximate surface area is 205 Å². The second kappa shape index (κ2) is 14.0. The Hall–Kier alpha value is -1.67. The normalized spacial score (nSPS) is 22.4. The number of carbonyl (C=O) groups excluding carboxylic acids is 3. The highest BCUT2D eigenvalue weighted by molar-refractivity contribution is 5.90. The van der Waals surface area contributed by atoms with E-state index in [1.165, 1.54) is 38.5 Å². The van der Waals surface area contributed by atoms with Crippen LogP contribution in [0.1, 0.15) is 84.0 Å². The molecule has 3 N–H and O–H groups in total. The van der Waals surface area contributed by atoms with Gasteiger partial charge in [0.2, 0.25) is 17.7 Å². The van der Waals surface area contributed by atoms with Gasteiger partial charge < -0.3 is 20.7 Å². The van der Waals surface area contributed by atoms with E-state index in [1.54, 1.807) is 4.90 Å². The Morgan fingerprint density at radius 2 is 1.62 bits per heavy atom. The molecule has 1 heterocycles. The maximum absolute atomic E-state index is 13.5. The molecule has 0 aromatic heterocycles. The number of nitrogens with zero attached hydrogens (tertiary/aromatic N) is 2. The predicted molar refractivity (Wildman–Crippen MR) is 132 cm³/mol. The lowest BCUT2D eigenvalue weighted by Gasteiger charge is -2.36. The molecule has 0 spiro atoms.